The zero-order valence-electron chi connectivity index (χ0n) is 11.0. The molecule has 1 N–H and O–H groups in total. The number of carbonyl (C=O) groups excluding carboxylic acids is 2. The first-order valence-corrected chi connectivity index (χ1v) is 5.48. The lowest BCUT2D eigenvalue weighted by molar-refractivity contribution is -0.129. The standard InChI is InChI=1S/C12H17N3O3/c1-8-5-10(16)9(6-13-8)12(18)15(4)7-11(17)14(2)3/h5-6H,7H2,1-4H3,(H,13,16). The second-order valence-electron chi connectivity index (χ2n) is 4.34. The summed E-state index contributed by atoms with van der Waals surface area (Å²) in [7, 11) is 4.71. The van der Waals surface area contributed by atoms with E-state index in [2.05, 4.69) is 4.98 Å². The van der Waals surface area contributed by atoms with E-state index in [4.69, 9.17) is 0 Å². The zero-order valence-corrected chi connectivity index (χ0v) is 11.0. The van der Waals surface area contributed by atoms with Crippen LogP contribution in [0.2, 0.25) is 0 Å². The molecule has 98 valence electrons. The van der Waals surface area contributed by atoms with Gasteiger partial charge in [-0.15, -0.1) is 0 Å². The first-order chi connectivity index (χ1) is 8.32. The molecule has 6 heteroatoms. The van der Waals surface area contributed by atoms with Gasteiger partial charge >= 0.3 is 0 Å². The van der Waals surface area contributed by atoms with Crippen LogP contribution in [0.5, 0.6) is 0 Å². The van der Waals surface area contributed by atoms with Crippen molar-refractivity contribution in [2.24, 2.45) is 0 Å². The van der Waals surface area contributed by atoms with E-state index >= 15 is 0 Å². The summed E-state index contributed by atoms with van der Waals surface area (Å²) in [5.41, 5.74) is 0.374. The number of amides is 2. The van der Waals surface area contributed by atoms with Crippen LogP contribution >= 0.6 is 0 Å². The van der Waals surface area contributed by atoms with Crippen molar-refractivity contribution in [3.63, 3.8) is 0 Å². The highest BCUT2D eigenvalue weighted by Crippen LogP contribution is 1.98. The molecule has 0 saturated heterocycles. The molecular formula is C12H17N3O3. The predicted octanol–water partition coefficient (Wildman–Crippen LogP) is -0.156. The minimum absolute atomic E-state index is 0.0367. The van der Waals surface area contributed by atoms with Crippen molar-refractivity contribution in [2.45, 2.75) is 6.92 Å². The number of hydrogen-bond acceptors (Lipinski definition) is 3. The molecule has 1 aromatic rings. The fourth-order valence-corrected chi connectivity index (χ4v) is 1.36. The Morgan fingerprint density at radius 2 is 1.89 bits per heavy atom. The number of aromatic amines is 1. The summed E-state index contributed by atoms with van der Waals surface area (Å²) in [6.45, 7) is 1.67. The minimum atomic E-state index is -0.466. The van der Waals surface area contributed by atoms with Crippen LogP contribution in [0.3, 0.4) is 0 Å². The molecule has 0 aliphatic rings. The number of aromatic nitrogens is 1. The molecule has 0 aliphatic heterocycles. The first kappa shape index (κ1) is 14.0. The average molecular weight is 251 g/mol. The molecule has 1 heterocycles. The van der Waals surface area contributed by atoms with E-state index in [-0.39, 0.29) is 23.4 Å². The summed E-state index contributed by atoms with van der Waals surface area (Å²) < 4.78 is 0. The van der Waals surface area contributed by atoms with Gasteiger partial charge in [-0.25, -0.2) is 0 Å². The van der Waals surface area contributed by atoms with Gasteiger partial charge in [-0.1, -0.05) is 0 Å². The maximum absolute atomic E-state index is 12.0. The monoisotopic (exact) mass is 251 g/mol. The number of rotatable bonds is 3. The molecule has 0 bridgehead atoms. The molecule has 0 saturated carbocycles. The molecule has 6 nitrogen and oxygen atoms in total. The summed E-state index contributed by atoms with van der Waals surface area (Å²) in [5, 5.41) is 0. The van der Waals surface area contributed by atoms with Crippen molar-refractivity contribution < 1.29 is 9.59 Å². The van der Waals surface area contributed by atoms with E-state index in [1.54, 1.807) is 21.0 Å². The molecule has 0 spiro atoms. The number of likely N-dealkylation sites (N-methyl/N-ethyl adjacent to an activating group) is 2. The van der Waals surface area contributed by atoms with E-state index in [0.717, 1.165) is 0 Å². The van der Waals surface area contributed by atoms with Crippen molar-refractivity contribution in [3.05, 3.63) is 33.7 Å². The lowest BCUT2D eigenvalue weighted by Gasteiger charge is -2.18. The number of hydrogen-bond donors (Lipinski definition) is 1. The fraction of sp³-hybridized carbons (Fsp3) is 0.417. The van der Waals surface area contributed by atoms with Crippen LogP contribution in [0.4, 0.5) is 0 Å². The van der Waals surface area contributed by atoms with Crippen LogP contribution in [-0.2, 0) is 4.79 Å². The summed E-state index contributed by atoms with van der Waals surface area (Å²) in [4.78, 5) is 40.5. The number of pyridine rings is 1. The van der Waals surface area contributed by atoms with E-state index in [9.17, 15) is 14.4 Å². The number of H-pyrrole nitrogens is 1. The Kier molecular flexibility index (Phi) is 4.25. The molecule has 18 heavy (non-hydrogen) atoms. The Bertz CT molecular complexity index is 520. The SMILES string of the molecule is Cc1cc(=O)c(C(=O)N(C)CC(=O)N(C)C)c[nH]1. The summed E-state index contributed by atoms with van der Waals surface area (Å²) in [6, 6.07) is 1.36. The highest BCUT2D eigenvalue weighted by Gasteiger charge is 2.18. The minimum Gasteiger partial charge on any atom is -0.364 e. The van der Waals surface area contributed by atoms with Crippen LogP contribution in [0.25, 0.3) is 0 Å². The number of nitrogens with zero attached hydrogens (tertiary/aromatic N) is 2. The number of carbonyl (C=O) groups is 2. The van der Waals surface area contributed by atoms with E-state index in [1.807, 2.05) is 0 Å². The van der Waals surface area contributed by atoms with Crippen molar-refractivity contribution in [1.82, 2.24) is 14.8 Å². The number of nitrogens with one attached hydrogen (secondary N) is 1. The Hall–Kier alpha value is -2.11. The Balaban J connectivity index is 2.87. The van der Waals surface area contributed by atoms with Gasteiger partial charge in [0, 0.05) is 39.1 Å². The van der Waals surface area contributed by atoms with E-state index < -0.39 is 5.91 Å². The van der Waals surface area contributed by atoms with E-state index in [1.165, 1.54) is 29.1 Å². The Labute approximate surface area is 105 Å². The van der Waals surface area contributed by atoms with Crippen LogP contribution in [0.15, 0.2) is 17.1 Å². The second kappa shape index (κ2) is 5.48. The third-order valence-corrected chi connectivity index (χ3v) is 2.51. The molecule has 0 aliphatic carbocycles. The van der Waals surface area contributed by atoms with Gasteiger partial charge in [0.25, 0.3) is 5.91 Å². The van der Waals surface area contributed by atoms with Crippen LogP contribution in [0.1, 0.15) is 16.1 Å². The smallest absolute Gasteiger partial charge is 0.259 e. The molecule has 0 aromatic carbocycles. The maximum Gasteiger partial charge on any atom is 0.259 e. The molecule has 2 amide bonds. The summed E-state index contributed by atoms with van der Waals surface area (Å²) >= 11 is 0. The molecule has 1 aromatic heterocycles. The van der Waals surface area contributed by atoms with Crippen molar-refractivity contribution in [1.29, 1.82) is 0 Å². The van der Waals surface area contributed by atoms with Gasteiger partial charge in [0.2, 0.25) is 5.91 Å². The van der Waals surface area contributed by atoms with Gasteiger partial charge in [-0.3, -0.25) is 14.4 Å². The first-order valence-electron chi connectivity index (χ1n) is 5.48. The van der Waals surface area contributed by atoms with Gasteiger partial charge in [0.15, 0.2) is 5.43 Å². The van der Waals surface area contributed by atoms with Gasteiger partial charge in [0.1, 0.15) is 5.56 Å². The van der Waals surface area contributed by atoms with Gasteiger partial charge in [-0.2, -0.15) is 0 Å². The average Bonchev–Trinajstić information content (AvgIpc) is 2.27. The quantitative estimate of drug-likeness (QED) is 0.811. The zero-order chi connectivity index (χ0) is 13.9. The van der Waals surface area contributed by atoms with Gasteiger partial charge in [-0.05, 0) is 6.92 Å². The third-order valence-electron chi connectivity index (χ3n) is 2.51. The topological polar surface area (TPSA) is 73.5 Å². The summed E-state index contributed by atoms with van der Waals surface area (Å²) in [6.07, 6.45) is 1.37. The van der Waals surface area contributed by atoms with Gasteiger partial charge in [0.05, 0.1) is 6.54 Å². The largest absolute Gasteiger partial charge is 0.364 e. The molecule has 0 radical (unpaired) electrons. The predicted molar refractivity (Wildman–Crippen MR) is 67.5 cm³/mol. The highest BCUT2D eigenvalue weighted by atomic mass is 16.2. The third kappa shape index (κ3) is 3.19. The lowest BCUT2D eigenvalue weighted by Crippen LogP contribution is -2.39. The maximum atomic E-state index is 12.0. The van der Waals surface area contributed by atoms with Crippen molar-refractivity contribution in [2.75, 3.05) is 27.7 Å². The van der Waals surface area contributed by atoms with Crippen LogP contribution < -0.4 is 5.43 Å². The molecular weight excluding hydrogens is 234 g/mol. The molecule has 0 unspecified atom stereocenters. The summed E-state index contributed by atoms with van der Waals surface area (Å²) in [5.74, 6) is -0.666. The van der Waals surface area contributed by atoms with Crippen LogP contribution in [-0.4, -0.2) is 54.3 Å². The fourth-order valence-electron chi connectivity index (χ4n) is 1.36. The second-order valence-corrected chi connectivity index (χ2v) is 4.34. The molecule has 0 fully saturated rings. The van der Waals surface area contributed by atoms with E-state index in [0.29, 0.717) is 5.69 Å². The highest BCUT2D eigenvalue weighted by molar-refractivity contribution is 5.95. The number of aryl methyl sites for hydroxylation is 1. The molecule has 0 atom stereocenters. The lowest BCUT2D eigenvalue weighted by atomic mass is 10.2. The van der Waals surface area contributed by atoms with Gasteiger partial charge < -0.3 is 14.8 Å². The van der Waals surface area contributed by atoms with Crippen molar-refractivity contribution >= 4 is 11.8 Å². The Morgan fingerprint density at radius 3 is 2.39 bits per heavy atom. The molecule has 1 rings (SSSR count). The van der Waals surface area contributed by atoms with Crippen molar-refractivity contribution in [3.8, 4) is 0 Å². The van der Waals surface area contributed by atoms with Crippen LogP contribution in [0, 0.1) is 6.92 Å². The Morgan fingerprint density at radius 1 is 1.28 bits per heavy atom. The normalized spacial score (nSPS) is 10.0.